The van der Waals surface area contributed by atoms with Crippen molar-refractivity contribution in [2.24, 2.45) is 0 Å². The van der Waals surface area contributed by atoms with Crippen LogP contribution in [0.25, 0.3) is 11.1 Å². The highest BCUT2D eigenvalue weighted by Gasteiger charge is 2.44. The molecule has 1 aliphatic carbocycles. The first-order valence-electron chi connectivity index (χ1n) is 8.09. The van der Waals surface area contributed by atoms with Crippen molar-refractivity contribution in [1.29, 1.82) is 0 Å². The molecule has 0 radical (unpaired) electrons. The van der Waals surface area contributed by atoms with Crippen molar-refractivity contribution in [2.45, 2.75) is 12.0 Å². The number of fused-ring (bicyclic) bond motifs is 3. The molecule has 2 aromatic carbocycles. The van der Waals surface area contributed by atoms with Crippen LogP contribution >= 0.6 is 0 Å². The molecule has 0 saturated carbocycles. The summed E-state index contributed by atoms with van der Waals surface area (Å²) in [5.74, 6) is -2.55. The molecule has 0 spiro atoms. The normalized spacial score (nSPS) is 18.2. The topological polar surface area (TPSA) is 93.1 Å². The van der Waals surface area contributed by atoms with E-state index in [0.29, 0.717) is 0 Å². The lowest BCUT2D eigenvalue weighted by atomic mass is 9.98. The summed E-state index contributed by atoms with van der Waals surface area (Å²) < 4.78 is 9.99. The molecule has 2 aromatic rings. The average Bonchev–Trinajstić information content (AvgIpc) is 3.18. The Balaban J connectivity index is 1.54. The number of carbonyl (C=O) groups excluding carboxylic acids is 2. The number of aliphatic carboxylic acids is 1. The Hall–Kier alpha value is -3.35. The standard InChI is InChI=1S/C19H15NO6/c21-17(22)16-18(23)26-10-20(16)19(24)25-9-15-13-7-3-1-5-11(13)12-6-2-4-8-14(12)15/h1-8,15-16H,9-10H2,(H,21,22)/t16-/m0/s1. The van der Waals surface area contributed by atoms with Crippen LogP contribution in [0.1, 0.15) is 17.0 Å². The number of nitrogens with zero attached hydrogens (tertiary/aromatic N) is 1. The summed E-state index contributed by atoms with van der Waals surface area (Å²) in [5.41, 5.74) is 4.27. The fourth-order valence-corrected chi connectivity index (χ4v) is 3.48. The molecule has 0 aromatic heterocycles. The molecular formula is C19H15NO6. The number of ether oxygens (including phenoxy) is 2. The van der Waals surface area contributed by atoms with E-state index < -0.39 is 30.8 Å². The van der Waals surface area contributed by atoms with Gasteiger partial charge in [0.25, 0.3) is 0 Å². The minimum atomic E-state index is -1.66. The van der Waals surface area contributed by atoms with E-state index in [1.54, 1.807) is 0 Å². The zero-order valence-corrected chi connectivity index (χ0v) is 13.6. The Bertz CT molecular complexity index is 863. The van der Waals surface area contributed by atoms with E-state index in [2.05, 4.69) is 4.74 Å². The molecule has 1 saturated heterocycles. The largest absolute Gasteiger partial charge is 0.479 e. The molecule has 7 heteroatoms. The van der Waals surface area contributed by atoms with E-state index in [9.17, 15) is 14.4 Å². The smallest absolute Gasteiger partial charge is 0.413 e. The Labute approximate surface area is 148 Å². The SMILES string of the molecule is O=C(O)[C@H]1C(=O)OCN1C(=O)OCC1c2ccccc2-c2ccccc21. The number of carbonyl (C=O) groups is 3. The van der Waals surface area contributed by atoms with Gasteiger partial charge in [-0.1, -0.05) is 48.5 Å². The summed E-state index contributed by atoms with van der Waals surface area (Å²) in [5, 5.41) is 9.09. The van der Waals surface area contributed by atoms with Gasteiger partial charge in [-0.25, -0.2) is 19.3 Å². The first-order chi connectivity index (χ1) is 12.6. The van der Waals surface area contributed by atoms with Crippen molar-refractivity contribution < 1.29 is 29.0 Å². The number of amides is 1. The third-order valence-electron chi connectivity index (χ3n) is 4.69. The second-order valence-corrected chi connectivity index (χ2v) is 6.11. The third kappa shape index (κ3) is 2.48. The van der Waals surface area contributed by atoms with Gasteiger partial charge in [0.2, 0.25) is 6.04 Å². The predicted molar refractivity (Wildman–Crippen MR) is 89.3 cm³/mol. The Morgan fingerprint density at radius 2 is 1.65 bits per heavy atom. The number of benzene rings is 2. The van der Waals surface area contributed by atoms with Crippen molar-refractivity contribution in [2.75, 3.05) is 13.3 Å². The van der Waals surface area contributed by atoms with Gasteiger partial charge < -0.3 is 14.6 Å². The van der Waals surface area contributed by atoms with Gasteiger partial charge in [0.05, 0.1) is 0 Å². The minimum Gasteiger partial charge on any atom is -0.479 e. The minimum absolute atomic E-state index is 0.0455. The van der Waals surface area contributed by atoms with Gasteiger partial charge in [0.1, 0.15) is 6.61 Å². The Morgan fingerprint density at radius 1 is 1.08 bits per heavy atom. The number of esters is 1. The molecule has 1 atom stereocenters. The van der Waals surface area contributed by atoms with E-state index in [-0.39, 0.29) is 12.5 Å². The summed E-state index contributed by atoms with van der Waals surface area (Å²) in [7, 11) is 0. The second kappa shape index (κ2) is 6.18. The monoisotopic (exact) mass is 353 g/mol. The number of rotatable bonds is 3. The van der Waals surface area contributed by atoms with Crippen molar-refractivity contribution in [1.82, 2.24) is 4.90 Å². The number of cyclic esters (lactones) is 1. The van der Waals surface area contributed by atoms with Crippen LogP contribution in [0, 0.1) is 0 Å². The molecule has 1 amide bonds. The fourth-order valence-electron chi connectivity index (χ4n) is 3.48. The zero-order valence-electron chi connectivity index (χ0n) is 13.6. The molecule has 0 bridgehead atoms. The van der Waals surface area contributed by atoms with Crippen molar-refractivity contribution in [3.63, 3.8) is 0 Å². The summed E-state index contributed by atoms with van der Waals surface area (Å²) in [6.07, 6.45) is -0.884. The summed E-state index contributed by atoms with van der Waals surface area (Å²) in [6.45, 7) is -0.379. The molecule has 132 valence electrons. The lowest BCUT2D eigenvalue weighted by molar-refractivity contribution is -0.149. The second-order valence-electron chi connectivity index (χ2n) is 6.11. The van der Waals surface area contributed by atoms with Crippen LogP contribution in [0.5, 0.6) is 0 Å². The van der Waals surface area contributed by atoms with Crippen LogP contribution in [-0.2, 0) is 19.1 Å². The summed E-state index contributed by atoms with van der Waals surface area (Å²) >= 11 is 0. The van der Waals surface area contributed by atoms with Crippen LogP contribution in [0.2, 0.25) is 0 Å². The van der Waals surface area contributed by atoms with Gasteiger partial charge in [-0.15, -0.1) is 0 Å². The highest BCUT2D eigenvalue weighted by molar-refractivity contribution is 6.02. The molecule has 0 unspecified atom stereocenters. The van der Waals surface area contributed by atoms with E-state index in [1.807, 2.05) is 48.5 Å². The van der Waals surface area contributed by atoms with Gasteiger partial charge in [0.15, 0.2) is 6.73 Å². The lowest BCUT2D eigenvalue weighted by Crippen LogP contribution is -2.44. The van der Waals surface area contributed by atoms with E-state index >= 15 is 0 Å². The Kier molecular flexibility index (Phi) is 3.84. The van der Waals surface area contributed by atoms with Crippen molar-refractivity contribution in [3.8, 4) is 11.1 Å². The molecule has 7 nitrogen and oxygen atoms in total. The molecule has 2 aliphatic rings. The Morgan fingerprint density at radius 3 is 2.23 bits per heavy atom. The maximum atomic E-state index is 12.3. The highest BCUT2D eigenvalue weighted by atomic mass is 16.6. The van der Waals surface area contributed by atoms with Crippen molar-refractivity contribution in [3.05, 3.63) is 59.7 Å². The van der Waals surface area contributed by atoms with Crippen LogP contribution in [0.3, 0.4) is 0 Å². The number of hydrogen-bond acceptors (Lipinski definition) is 5. The van der Waals surface area contributed by atoms with Gasteiger partial charge in [-0.3, -0.25) is 0 Å². The van der Waals surface area contributed by atoms with E-state index in [0.717, 1.165) is 27.2 Å². The first kappa shape index (κ1) is 16.1. The van der Waals surface area contributed by atoms with Gasteiger partial charge >= 0.3 is 18.0 Å². The van der Waals surface area contributed by atoms with Crippen LogP contribution in [0.4, 0.5) is 4.79 Å². The molecule has 1 heterocycles. The van der Waals surface area contributed by atoms with Crippen molar-refractivity contribution >= 4 is 18.0 Å². The highest BCUT2D eigenvalue weighted by Crippen LogP contribution is 2.44. The lowest BCUT2D eigenvalue weighted by Gasteiger charge is -2.19. The number of carboxylic acids is 1. The number of hydrogen-bond donors (Lipinski definition) is 1. The molecule has 1 N–H and O–H groups in total. The fraction of sp³-hybridized carbons (Fsp3) is 0.211. The molecule has 26 heavy (non-hydrogen) atoms. The molecular weight excluding hydrogens is 338 g/mol. The van der Waals surface area contributed by atoms with E-state index in [4.69, 9.17) is 9.84 Å². The summed E-state index contributed by atoms with van der Waals surface area (Å²) in [4.78, 5) is 35.7. The maximum absolute atomic E-state index is 12.3. The van der Waals surface area contributed by atoms with Gasteiger partial charge in [-0.05, 0) is 22.3 Å². The van der Waals surface area contributed by atoms with E-state index in [1.165, 1.54) is 0 Å². The quantitative estimate of drug-likeness (QED) is 0.672. The van der Waals surface area contributed by atoms with Crippen LogP contribution in [0.15, 0.2) is 48.5 Å². The zero-order chi connectivity index (χ0) is 18.3. The molecule has 1 fully saturated rings. The first-order valence-corrected chi connectivity index (χ1v) is 8.09. The van der Waals surface area contributed by atoms with Crippen LogP contribution in [-0.4, -0.2) is 47.4 Å². The van der Waals surface area contributed by atoms with Gasteiger partial charge in [0, 0.05) is 5.92 Å². The predicted octanol–water partition coefficient (Wildman–Crippen LogP) is 2.21. The summed E-state index contributed by atoms with van der Waals surface area (Å²) in [6, 6.07) is 14.1. The van der Waals surface area contributed by atoms with Crippen LogP contribution < -0.4 is 0 Å². The molecule has 4 rings (SSSR count). The third-order valence-corrected chi connectivity index (χ3v) is 4.69. The maximum Gasteiger partial charge on any atom is 0.413 e. The van der Waals surface area contributed by atoms with Gasteiger partial charge in [-0.2, -0.15) is 0 Å². The number of carboxylic acid groups (broad SMARTS) is 1. The molecule has 1 aliphatic heterocycles. The average molecular weight is 353 g/mol.